The molecule has 2 rings (SSSR count). The van der Waals surface area contributed by atoms with E-state index in [4.69, 9.17) is 16.3 Å². The molecule has 23 heavy (non-hydrogen) atoms. The number of aryl methyl sites for hydroxylation is 1. The van der Waals surface area contributed by atoms with Crippen molar-refractivity contribution in [1.82, 2.24) is 4.90 Å². The minimum absolute atomic E-state index is 0.188. The fraction of sp³-hybridized carbons (Fsp3) is 0.588. The van der Waals surface area contributed by atoms with Gasteiger partial charge in [0.25, 0.3) is 5.92 Å². The van der Waals surface area contributed by atoms with E-state index in [0.717, 1.165) is 10.5 Å². The Morgan fingerprint density at radius 1 is 1.39 bits per heavy atom. The minimum Gasteiger partial charge on any atom is -0.444 e. The van der Waals surface area contributed by atoms with Crippen LogP contribution >= 0.6 is 11.6 Å². The summed E-state index contributed by atoms with van der Waals surface area (Å²) in [7, 11) is 0. The molecule has 3 nitrogen and oxygen atoms in total. The van der Waals surface area contributed by atoms with Crippen LogP contribution in [0.4, 0.5) is 13.6 Å². The van der Waals surface area contributed by atoms with E-state index in [1.807, 2.05) is 0 Å². The summed E-state index contributed by atoms with van der Waals surface area (Å²) in [5, 5.41) is 0.559. The van der Waals surface area contributed by atoms with Gasteiger partial charge in [0.2, 0.25) is 0 Å². The smallest absolute Gasteiger partial charge is 0.410 e. The Balaban J connectivity index is 2.14. The second kappa shape index (κ2) is 6.27. The summed E-state index contributed by atoms with van der Waals surface area (Å²) >= 11 is 5.96. The molecule has 1 saturated heterocycles. The van der Waals surface area contributed by atoms with Crippen LogP contribution in [0.5, 0.6) is 0 Å². The fourth-order valence-electron chi connectivity index (χ4n) is 2.72. The van der Waals surface area contributed by atoms with Crippen molar-refractivity contribution in [3.63, 3.8) is 0 Å². The maximum atomic E-state index is 14.5. The van der Waals surface area contributed by atoms with Crippen LogP contribution in [0.2, 0.25) is 5.02 Å². The summed E-state index contributed by atoms with van der Waals surface area (Å²) in [6.07, 6.45) is -0.504. The number of amides is 1. The molecule has 1 aromatic rings. The molecule has 1 unspecified atom stereocenters. The van der Waals surface area contributed by atoms with E-state index in [0.29, 0.717) is 10.6 Å². The van der Waals surface area contributed by atoms with Crippen LogP contribution in [0.1, 0.15) is 44.2 Å². The third kappa shape index (κ3) is 4.34. The van der Waals surface area contributed by atoms with E-state index in [1.165, 1.54) is 0 Å². The zero-order chi connectivity index (χ0) is 17.4. The zero-order valence-corrected chi connectivity index (χ0v) is 14.6. The van der Waals surface area contributed by atoms with Gasteiger partial charge in [-0.1, -0.05) is 23.7 Å². The zero-order valence-electron chi connectivity index (χ0n) is 13.8. The molecule has 1 aliphatic heterocycles. The number of nitrogens with zero attached hydrogens (tertiary/aromatic N) is 1. The molecule has 1 heterocycles. The van der Waals surface area contributed by atoms with Crippen LogP contribution in [0.15, 0.2) is 18.2 Å². The molecule has 1 atom stereocenters. The van der Waals surface area contributed by atoms with Crippen molar-refractivity contribution in [1.29, 1.82) is 0 Å². The van der Waals surface area contributed by atoms with E-state index in [1.54, 1.807) is 45.9 Å². The molecule has 6 heteroatoms. The number of hydrogen-bond donors (Lipinski definition) is 0. The lowest BCUT2D eigenvalue weighted by atomic mass is 9.85. The Bertz CT molecular complexity index is 599. The highest BCUT2D eigenvalue weighted by Gasteiger charge is 2.47. The Kier molecular flexibility index (Phi) is 4.90. The molecule has 0 bridgehead atoms. The predicted molar refractivity (Wildman–Crippen MR) is 86.3 cm³/mol. The number of alkyl halides is 2. The fourth-order valence-corrected chi connectivity index (χ4v) is 2.83. The molecule has 0 saturated carbocycles. The summed E-state index contributed by atoms with van der Waals surface area (Å²) in [6.45, 7) is 6.55. The molecule has 0 aliphatic carbocycles. The molecule has 128 valence electrons. The molecule has 1 aromatic carbocycles. The first-order valence-electron chi connectivity index (χ1n) is 7.61. The molecule has 0 N–H and O–H groups in total. The standard InChI is InChI=1S/C17H22ClF2NO2/c1-11-9-12(5-6-14(11)18)13-7-8-21(10-17(13,19)20)15(22)23-16(2,3)4/h5-6,9,13H,7-8,10H2,1-4H3. The van der Waals surface area contributed by atoms with Crippen molar-refractivity contribution in [3.05, 3.63) is 34.3 Å². The van der Waals surface area contributed by atoms with Gasteiger partial charge in [0.15, 0.2) is 0 Å². The van der Waals surface area contributed by atoms with Crippen LogP contribution in [-0.4, -0.2) is 35.6 Å². The summed E-state index contributed by atoms with van der Waals surface area (Å²) in [5.41, 5.74) is 0.631. The number of carbonyl (C=O) groups is 1. The number of carbonyl (C=O) groups excluding carboxylic acids is 1. The van der Waals surface area contributed by atoms with Gasteiger partial charge in [-0.05, 0) is 51.3 Å². The number of piperidine rings is 1. The highest BCUT2D eigenvalue weighted by atomic mass is 35.5. The highest BCUT2D eigenvalue weighted by molar-refractivity contribution is 6.31. The summed E-state index contributed by atoms with van der Waals surface area (Å²) in [5.74, 6) is -3.92. The van der Waals surface area contributed by atoms with Gasteiger partial charge in [0, 0.05) is 11.6 Å². The lowest BCUT2D eigenvalue weighted by Crippen LogP contribution is -2.50. The highest BCUT2D eigenvalue weighted by Crippen LogP contribution is 2.41. The summed E-state index contributed by atoms with van der Waals surface area (Å²) < 4.78 is 34.3. The molecular weight excluding hydrogens is 324 g/mol. The van der Waals surface area contributed by atoms with Crippen LogP contribution < -0.4 is 0 Å². The van der Waals surface area contributed by atoms with Crippen LogP contribution in [0, 0.1) is 6.92 Å². The first kappa shape index (κ1) is 18.0. The third-order valence-electron chi connectivity index (χ3n) is 3.84. The molecule has 0 spiro atoms. The lowest BCUT2D eigenvalue weighted by Gasteiger charge is -2.39. The van der Waals surface area contributed by atoms with Gasteiger partial charge in [-0.2, -0.15) is 0 Å². The summed E-state index contributed by atoms with van der Waals surface area (Å²) in [6, 6.07) is 4.98. The van der Waals surface area contributed by atoms with Gasteiger partial charge < -0.3 is 9.64 Å². The quantitative estimate of drug-likeness (QED) is 0.716. The average molecular weight is 346 g/mol. The summed E-state index contributed by atoms with van der Waals surface area (Å²) in [4.78, 5) is 13.1. The normalized spacial score (nSPS) is 21.2. The van der Waals surface area contributed by atoms with Gasteiger partial charge in [0.05, 0.1) is 12.5 Å². The molecule has 0 radical (unpaired) electrons. The Hall–Kier alpha value is -1.36. The third-order valence-corrected chi connectivity index (χ3v) is 4.26. The largest absolute Gasteiger partial charge is 0.444 e. The van der Waals surface area contributed by atoms with Crippen molar-refractivity contribution in [2.24, 2.45) is 0 Å². The van der Waals surface area contributed by atoms with Crippen molar-refractivity contribution in [2.75, 3.05) is 13.1 Å². The number of ether oxygens (including phenoxy) is 1. The predicted octanol–water partition coefficient (Wildman–Crippen LogP) is 5.01. The van der Waals surface area contributed by atoms with E-state index >= 15 is 0 Å². The first-order valence-corrected chi connectivity index (χ1v) is 7.99. The first-order chi connectivity index (χ1) is 10.5. The second-order valence-corrected chi connectivity index (χ2v) is 7.42. The number of benzene rings is 1. The Labute approximate surface area is 140 Å². The lowest BCUT2D eigenvalue weighted by molar-refractivity contribution is -0.0849. The number of hydrogen-bond acceptors (Lipinski definition) is 2. The van der Waals surface area contributed by atoms with Gasteiger partial charge in [-0.15, -0.1) is 0 Å². The van der Waals surface area contributed by atoms with Gasteiger partial charge in [-0.25, -0.2) is 13.6 Å². The molecule has 1 fully saturated rings. The molecular formula is C17H22ClF2NO2. The number of rotatable bonds is 1. The van der Waals surface area contributed by atoms with Gasteiger partial charge in [-0.3, -0.25) is 0 Å². The van der Waals surface area contributed by atoms with Crippen molar-refractivity contribution in [2.45, 2.75) is 51.6 Å². The monoisotopic (exact) mass is 345 g/mol. The Morgan fingerprint density at radius 3 is 2.57 bits per heavy atom. The average Bonchev–Trinajstić information content (AvgIpc) is 2.39. The molecule has 1 amide bonds. The maximum Gasteiger partial charge on any atom is 0.410 e. The van der Waals surface area contributed by atoms with Crippen LogP contribution in [0.25, 0.3) is 0 Å². The molecule has 0 aromatic heterocycles. The van der Waals surface area contributed by atoms with Crippen molar-refractivity contribution in [3.8, 4) is 0 Å². The van der Waals surface area contributed by atoms with Crippen molar-refractivity contribution >= 4 is 17.7 Å². The van der Waals surface area contributed by atoms with Gasteiger partial charge in [0.1, 0.15) is 5.60 Å². The van der Waals surface area contributed by atoms with Gasteiger partial charge >= 0.3 is 6.09 Å². The van der Waals surface area contributed by atoms with E-state index in [-0.39, 0.29) is 13.0 Å². The molecule has 1 aliphatic rings. The number of halogens is 3. The maximum absolute atomic E-state index is 14.5. The van der Waals surface area contributed by atoms with Crippen molar-refractivity contribution < 1.29 is 18.3 Å². The van der Waals surface area contributed by atoms with E-state index in [2.05, 4.69) is 0 Å². The van der Waals surface area contributed by atoms with E-state index in [9.17, 15) is 13.6 Å². The number of likely N-dealkylation sites (tertiary alicyclic amines) is 1. The van der Waals surface area contributed by atoms with E-state index < -0.39 is 30.1 Å². The topological polar surface area (TPSA) is 29.5 Å². The minimum atomic E-state index is -3.00. The van der Waals surface area contributed by atoms with Crippen LogP contribution in [-0.2, 0) is 4.74 Å². The van der Waals surface area contributed by atoms with Crippen LogP contribution in [0.3, 0.4) is 0 Å². The second-order valence-electron chi connectivity index (χ2n) is 7.01. The SMILES string of the molecule is Cc1cc(C2CCN(C(=O)OC(C)(C)C)CC2(F)F)ccc1Cl. The Morgan fingerprint density at radius 2 is 2.04 bits per heavy atom.